The second kappa shape index (κ2) is 5.95. The summed E-state index contributed by atoms with van der Waals surface area (Å²) in [5.74, 6) is -0.0724. The van der Waals surface area contributed by atoms with E-state index in [9.17, 15) is 4.79 Å². The summed E-state index contributed by atoms with van der Waals surface area (Å²) in [4.78, 5) is 16.3. The molecule has 0 radical (unpaired) electrons. The Morgan fingerprint density at radius 2 is 2.06 bits per heavy atom. The van der Waals surface area contributed by atoms with Crippen molar-refractivity contribution in [1.29, 1.82) is 0 Å². The monoisotopic (exact) mass is 352 g/mol. The molecule has 0 aliphatic rings. The summed E-state index contributed by atoms with van der Waals surface area (Å²) in [6.07, 6.45) is 0. The maximum atomic E-state index is 11.9. The van der Waals surface area contributed by atoms with E-state index in [0.717, 1.165) is 15.0 Å². The Labute approximate surface area is 120 Å². The van der Waals surface area contributed by atoms with Gasteiger partial charge in [0.2, 0.25) is 0 Å². The number of hydrogen-bond acceptors (Lipinski definition) is 2. The van der Waals surface area contributed by atoms with Gasteiger partial charge in [-0.25, -0.2) is 0 Å². The third-order valence-electron chi connectivity index (χ3n) is 2.46. The smallest absolute Gasteiger partial charge is 0.251 e. The Hall–Kier alpha value is -1.43. The summed E-state index contributed by atoms with van der Waals surface area (Å²) >= 11 is 2.19. The highest BCUT2D eigenvalue weighted by Gasteiger charge is 2.05. The molecule has 18 heavy (non-hydrogen) atoms. The van der Waals surface area contributed by atoms with Crippen molar-refractivity contribution in [1.82, 2.24) is 10.3 Å². The molecule has 92 valence electrons. The topological polar surface area (TPSA) is 42.0 Å². The van der Waals surface area contributed by atoms with Crippen LogP contribution in [-0.4, -0.2) is 10.9 Å². The molecule has 0 saturated carbocycles. The minimum absolute atomic E-state index is 0.0724. The molecule has 4 heteroatoms. The first-order valence-electron chi connectivity index (χ1n) is 5.61. The molecule has 1 heterocycles. The molecule has 0 fully saturated rings. The van der Waals surface area contributed by atoms with Gasteiger partial charge in [0.15, 0.2) is 0 Å². The average molecular weight is 352 g/mol. The lowest BCUT2D eigenvalue weighted by Crippen LogP contribution is -2.23. The predicted molar refractivity (Wildman–Crippen MR) is 79.3 cm³/mol. The minimum Gasteiger partial charge on any atom is -0.346 e. The Morgan fingerprint density at radius 1 is 1.28 bits per heavy atom. The first kappa shape index (κ1) is 13.0. The largest absolute Gasteiger partial charge is 0.346 e. The molecule has 0 unspecified atom stereocenters. The Bertz CT molecular complexity index is 569. The zero-order chi connectivity index (χ0) is 13.0. The van der Waals surface area contributed by atoms with E-state index in [1.54, 1.807) is 6.07 Å². The zero-order valence-corrected chi connectivity index (χ0v) is 12.1. The third-order valence-corrected chi connectivity index (χ3v) is 3.13. The normalized spacial score (nSPS) is 10.1. The fraction of sp³-hybridized carbons (Fsp3) is 0.143. The third kappa shape index (κ3) is 3.53. The SMILES string of the molecule is Cc1cccc(CNC(=O)c2cccc(I)c2)n1. The quantitative estimate of drug-likeness (QED) is 0.864. The molecular weight excluding hydrogens is 339 g/mol. The molecule has 2 rings (SSSR count). The molecule has 0 atom stereocenters. The lowest BCUT2D eigenvalue weighted by molar-refractivity contribution is 0.0950. The molecular formula is C14H13IN2O. The van der Waals surface area contributed by atoms with Gasteiger partial charge in [0.1, 0.15) is 0 Å². The van der Waals surface area contributed by atoms with Crippen molar-refractivity contribution in [3.63, 3.8) is 0 Å². The summed E-state index contributed by atoms with van der Waals surface area (Å²) in [5, 5.41) is 2.86. The van der Waals surface area contributed by atoms with Crippen molar-refractivity contribution >= 4 is 28.5 Å². The number of carbonyl (C=O) groups excluding carboxylic acids is 1. The molecule has 2 aromatic rings. The lowest BCUT2D eigenvalue weighted by atomic mass is 10.2. The first-order chi connectivity index (χ1) is 8.65. The summed E-state index contributed by atoms with van der Waals surface area (Å²) in [5.41, 5.74) is 2.50. The zero-order valence-electron chi connectivity index (χ0n) is 9.98. The molecule has 0 aliphatic carbocycles. The molecule has 0 aliphatic heterocycles. The van der Waals surface area contributed by atoms with Crippen LogP contribution in [0.5, 0.6) is 0 Å². The van der Waals surface area contributed by atoms with Crippen LogP contribution in [0.3, 0.4) is 0 Å². The predicted octanol–water partition coefficient (Wildman–Crippen LogP) is 2.92. The number of benzene rings is 1. The van der Waals surface area contributed by atoms with Crippen LogP contribution in [0.25, 0.3) is 0 Å². The Kier molecular flexibility index (Phi) is 4.30. The number of amides is 1. The summed E-state index contributed by atoms with van der Waals surface area (Å²) in [6, 6.07) is 13.3. The Morgan fingerprint density at radius 3 is 2.78 bits per heavy atom. The van der Waals surface area contributed by atoms with E-state index >= 15 is 0 Å². The fourth-order valence-corrected chi connectivity index (χ4v) is 2.14. The maximum absolute atomic E-state index is 11.9. The van der Waals surface area contributed by atoms with Gasteiger partial charge in [-0.05, 0) is 59.8 Å². The van der Waals surface area contributed by atoms with Crippen LogP contribution in [0.1, 0.15) is 21.7 Å². The number of carbonyl (C=O) groups is 1. The Balaban J connectivity index is 2.00. The van der Waals surface area contributed by atoms with Crippen LogP contribution in [0.15, 0.2) is 42.5 Å². The highest BCUT2D eigenvalue weighted by atomic mass is 127. The number of rotatable bonds is 3. The summed E-state index contributed by atoms with van der Waals surface area (Å²) in [6.45, 7) is 2.39. The van der Waals surface area contributed by atoms with Gasteiger partial charge in [0.25, 0.3) is 5.91 Å². The number of hydrogen-bond donors (Lipinski definition) is 1. The highest BCUT2D eigenvalue weighted by Crippen LogP contribution is 2.08. The minimum atomic E-state index is -0.0724. The van der Waals surface area contributed by atoms with Crippen LogP contribution in [0, 0.1) is 10.5 Å². The second-order valence-corrected chi connectivity index (χ2v) is 5.21. The number of aromatic nitrogens is 1. The van der Waals surface area contributed by atoms with E-state index in [1.165, 1.54) is 0 Å². The van der Waals surface area contributed by atoms with Gasteiger partial charge in [0, 0.05) is 14.8 Å². The number of nitrogens with one attached hydrogen (secondary N) is 1. The number of halogens is 1. The van der Waals surface area contributed by atoms with E-state index in [-0.39, 0.29) is 5.91 Å². The van der Waals surface area contributed by atoms with E-state index in [4.69, 9.17) is 0 Å². The molecule has 3 nitrogen and oxygen atoms in total. The van der Waals surface area contributed by atoms with Gasteiger partial charge in [-0.3, -0.25) is 9.78 Å². The lowest BCUT2D eigenvalue weighted by Gasteiger charge is -2.05. The molecule has 1 aromatic carbocycles. The van der Waals surface area contributed by atoms with Crippen LogP contribution in [0.4, 0.5) is 0 Å². The highest BCUT2D eigenvalue weighted by molar-refractivity contribution is 14.1. The molecule has 0 spiro atoms. The van der Waals surface area contributed by atoms with E-state index < -0.39 is 0 Å². The van der Waals surface area contributed by atoms with E-state index in [0.29, 0.717) is 12.1 Å². The number of nitrogens with zero attached hydrogens (tertiary/aromatic N) is 1. The molecule has 0 saturated heterocycles. The average Bonchev–Trinajstić information content (AvgIpc) is 2.36. The summed E-state index contributed by atoms with van der Waals surface area (Å²) < 4.78 is 1.05. The number of pyridine rings is 1. The van der Waals surface area contributed by atoms with Crippen molar-refractivity contribution < 1.29 is 4.79 Å². The molecule has 0 bridgehead atoms. The number of aryl methyl sites for hydroxylation is 1. The van der Waals surface area contributed by atoms with Gasteiger partial charge in [-0.2, -0.15) is 0 Å². The van der Waals surface area contributed by atoms with Crippen LogP contribution in [0.2, 0.25) is 0 Å². The molecule has 1 amide bonds. The van der Waals surface area contributed by atoms with Gasteiger partial charge < -0.3 is 5.32 Å². The van der Waals surface area contributed by atoms with Crippen molar-refractivity contribution in [2.24, 2.45) is 0 Å². The van der Waals surface area contributed by atoms with Crippen LogP contribution in [-0.2, 0) is 6.54 Å². The first-order valence-corrected chi connectivity index (χ1v) is 6.69. The standard InChI is InChI=1S/C14H13IN2O/c1-10-4-2-7-13(17-10)9-16-14(18)11-5-3-6-12(15)8-11/h2-8H,9H2,1H3,(H,16,18). The van der Waals surface area contributed by atoms with Crippen molar-refractivity contribution in [2.45, 2.75) is 13.5 Å². The van der Waals surface area contributed by atoms with Gasteiger partial charge >= 0.3 is 0 Å². The second-order valence-electron chi connectivity index (χ2n) is 3.96. The van der Waals surface area contributed by atoms with Gasteiger partial charge in [0.05, 0.1) is 12.2 Å². The van der Waals surface area contributed by atoms with Gasteiger partial charge in [-0.1, -0.05) is 12.1 Å². The van der Waals surface area contributed by atoms with E-state index in [1.807, 2.05) is 43.3 Å². The van der Waals surface area contributed by atoms with Crippen molar-refractivity contribution in [3.8, 4) is 0 Å². The van der Waals surface area contributed by atoms with Crippen LogP contribution < -0.4 is 5.32 Å². The van der Waals surface area contributed by atoms with Crippen molar-refractivity contribution in [2.75, 3.05) is 0 Å². The van der Waals surface area contributed by atoms with Crippen molar-refractivity contribution in [3.05, 3.63) is 63.0 Å². The maximum Gasteiger partial charge on any atom is 0.251 e. The summed E-state index contributed by atoms with van der Waals surface area (Å²) in [7, 11) is 0. The van der Waals surface area contributed by atoms with Crippen LogP contribution >= 0.6 is 22.6 Å². The van der Waals surface area contributed by atoms with E-state index in [2.05, 4.69) is 32.9 Å². The fourth-order valence-electron chi connectivity index (χ4n) is 1.60. The molecule has 1 N–H and O–H groups in total. The molecule has 1 aromatic heterocycles. The van der Waals surface area contributed by atoms with Gasteiger partial charge in [-0.15, -0.1) is 0 Å².